The van der Waals surface area contributed by atoms with Crippen molar-refractivity contribution in [2.45, 2.75) is 31.8 Å². The van der Waals surface area contributed by atoms with Crippen LogP contribution in [0.15, 0.2) is 0 Å². The Labute approximate surface area is 137 Å². The van der Waals surface area contributed by atoms with Crippen molar-refractivity contribution in [1.82, 2.24) is 9.80 Å². The van der Waals surface area contributed by atoms with Crippen molar-refractivity contribution in [3.63, 3.8) is 0 Å². The lowest BCUT2D eigenvalue weighted by Crippen LogP contribution is -2.42. The summed E-state index contributed by atoms with van der Waals surface area (Å²) < 4.78 is 15.5. The van der Waals surface area contributed by atoms with Crippen LogP contribution in [0.2, 0.25) is 0 Å². The summed E-state index contributed by atoms with van der Waals surface area (Å²) in [6.07, 6.45) is 2.48. The Kier molecular flexibility index (Phi) is 7.78. The zero-order chi connectivity index (χ0) is 16.5. The van der Waals surface area contributed by atoms with Gasteiger partial charge in [-0.1, -0.05) is 0 Å². The molecule has 2 rings (SSSR count). The molecular formula is C16H28N2O5. The molecule has 0 aromatic rings. The quantitative estimate of drug-likeness (QED) is 0.596. The summed E-state index contributed by atoms with van der Waals surface area (Å²) in [5.41, 5.74) is 0. The van der Waals surface area contributed by atoms with Gasteiger partial charge in [0.1, 0.15) is 6.10 Å². The Morgan fingerprint density at radius 1 is 1.22 bits per heavy atom. The Hall–Kier alpha value is -1.18. The number of rotatable bonds is 8. The Morgan fingerprint density at radius 3 is 2.65 bits per heavy atom. The van der Waals surface area contributed by atoms with Gasteiger partial charge in [0, 0.05) is 39.3 Å². The molecule has 2 aliphatic heterocycles. The molecule has 0 radical (unpaired) electrons. The molecule has 7 nitrogen and oxygen atoms in total. The van der Waals surface area contributed by atoms with Crippen LogP contribution in [0.4, 0.5) is 0 Å². The third kappa shape index (κ3) is 6.08. The van der Waals surface area contributed by atoms with Gasteiger partial charge in [-0.2, -0.15) is 0 Å². The zero-order valence-corrected chi connectivity index (χ0v) is 14.0. The molecule has 23 heavy (non-hydrogen) atoms. The number of morpholine rings is 1. The van der Waals surface area contributed by atoms with E-state index >= 15 is 0 Å². The van der Waals surface area contributed by atoms with E-state index < -0.39 is 0 Å². The highest BCUT2D eigenvalue weighted by molar-refractivity contribution is 5.81. The van der Waals surface area contributed by atoms with E-state index in [1.165, 1.54) is 7.11 Å². The highest BCUT2D eigenvalue weighted by atomic mass is 16.5. The number of carbonyl (C=O) groups is 2. The van der Waals surface area contributed by atoms with Gasteiger partial charge in [-0.15, -0.1) is 0 Å². The molecule has 0 aromatic carbocycles. The van der Waals surface area contributed by atoms with E-state index in [0.717, 1.165) is 52.1 Å². The first-order valence-electron chi connectivity index (χ1n) is 8.48. The second kappa shape index (κ2) is 9.85. The minimum absolute atomic E-state index is 0.00776. The number of amides is 1. The van der Waals surface area contributed by atoms with Crippen molar-refractivity contribution in [3.8, 4) is 0 Å². The van der Waals surface area contributed by atoms with Crippen LogP contribution in [0.1, 0.15) is 25.7 Å². The van der Waals surface area contributed by atoms with Crippen molar-refractivity contribution >= 4 is 11.9 Å². The number of nitrogens with zero attached hydrogens (tertiary/aromatic N) is 2. The smallest absolute Gasteiger partial charge is 0.307 e. The van der Waals surface area contributed by atoms with Crippen molar-refractivity contribution in [2.24, 2.45) is 0 Å². The maximum absolute atomic E-state index is 12.5. The van der Waals surface area contributed by atoms with Gasteiger partial charge in [-0.25, -0.2) is 0 Å². The van der Waals surface area contributed by atoms with Crippen LogP contribution >= 0.6 is 0 Å². The standard InChI is InChI=1S/C16H28N2O5/c1-21-15(19)5-8-18(16(20)14-4-2-11-23-14)7-3-6-17-9-12-22-13-10-17/h14H,2-13H2,1H3. The minimum atomic E-state index is -0.337. The van der Waals surface area contributed by atoms with Gasteiger partial charge >= 0.3 is 5.97 Å². The SMILES string of the molecule is COC(=O)CCN(CCCN1CCOCC1)C(=O)C1CCCO1. The molecule has 0 aliphatic carbocycles. The molecule has 2 saturated heterocycles. The van der Waals surface area contributed by atoms with Crippen LogP contribution < -0.4 is 0 Å². The number of esters is 1. The molecule has 7 heteroatoms. The average molecular weight is 328 g/mol. The lowest BCUT2D eigenvalue weighted by atomic mass is 10.2. The Bertz CT molecular complexity index is 379. The topological polar surface area (TPSA) is 68.3 Å². The van der Waals surface area contributed by atoms with E-state index in [4.69, 9.17) is 9.47 Å². The number of hydrogen-bond donors (Lipinski definition) is 0. The number of methoxy groups -OCH3 is 1. The number of carbonyl (C=O) groups excluding carboxylic acids is 2. The molecule has 0 saturated carbocycles. The van der Waals surface area contributed by atoms with Gasteiger partial charge in [0.2, 0.25) is 0 Å². The van der Waals surface area contributed by atoms with Gasteiger partial charge in [-0.05, 0) is 19.3 Å². The fourth-order valence-electron chi connectivity index (χ4n) is 2.95. The molecule has 0 aromatic heterocycles. The fourth-order valence-corrected chi connectivity index (χ4v) is 2.95. The summed E-state index contributed by atoms with van der Waals surface area (Å²) in [7, 11) is 1.37. The Morgan fingerprint density at radius 2 is 2.00 bits per heavy atom. The number of hydrogen-bond acceptors (Lipinski definition) is 6. The second-order valence-electron chi connectivity index (χ2n) is 5.96. The molecular weight excluding hydrogens is 300 g/mol. The normalized spacial score (nSPS) is 22.0. The third-order valence-corrected chi connectivity index (χ3v) is 4.34. The summed E-state index contributed by atoms with van der Waals surface area (Å²) in [6.45, 7) is 6.08. The van der Waals surface area contributed by atoms with Crippen LogP contribution in [0.25, 0.3) is 0 Å². The van der Waals surface area contributed by atoms with Crippen molar-refractivity contribution in [1.29, 1.82) is 0 Å². The summed E-state index contributed by atoms with van der Waals surface area (Å²) in [5, 5.41) is 0. The lowest BCUT2D eigenvalue weighted by Gasteiger charge is -2.29. The lowest BCUT2D eigenvalue weighted by molar-refractivity contribution is -0.144. The predicted octanol–water partition coefficient (Wildman–Crippen LogP) is 0.279. The molecule has 132 valence electrons. The van der Waals surface area contributed by atoms with Crippen molar-refractivity contribution < 1.29 is 23.8 Å². The van der Waals surface area contributed by atoms with Crippen LogP contribution in [0.3, 0.4) is 0 Å². The molecule has 1 atom stereocenters. The highest BCUT2D eigenvalue weighted by Gasteiger charge is 2.28. The fraction of sp³-hybridized carbons (Fsp3) is 0.875. The maximum atomic E-state index is 12.5. The molecule has 2 aliphatic rings. The van der Waals surface area contributed by atoms with Crippen molar-refractivity contribution in [3.05, 3.63) is 0 Å². The second-order valence-corrected chi connectivity index (χ2v) is 5.96. The minimum Gasteiger partial charge on any atom is -0.469 e. The monoisotopic (exact) mass is 328 g/mol. The average Bonchev–Trinajstić information content (AvgIpc) is 3.12. The Balaban J connectivity index is 1.79. The molecule has 2 heterocycles. The first-order chi connectivity index (χ1) is 11.2. The third-order valence-electron chi connectivity index (χ3n) is 4.34. The first kappa shape index (κ1) is 18.2. The van der Waals surface area contributed by atoms with Gasteiger partial charge in [0.05, 0.1) is 26.7 Å². The van der Waals surface area contributed by atoms with E-state index in [1.807, 2.05) is 0 Å². The van der Waals surface area contributed by atoms with Gasteiger partial charge in [0.15, 0.2) is 0 Å². The van der Waals surface area contributed by atoms with E-state index in [-0.39, 0.29) is 24.4 Å². The number of ether oxygens (including phenoxy) is 3. The first-order valence-corrected chi connectivity index (χ1v) is 8.48. The molecule has 0 bridgehead atoms. The van der Waals surface area contributed by atoms with Crippen LogP contribution in [0, 0.1) is 0 Å². The largest absolute Gasteiger partial charge is 0.469 e. The summed E-state index contributed by atoms with van der Waals surface area (Å²) in [6, 6.07) is 0. The van der Waals surface area contributed by atoms with E-state index in [9.17, 15) is 9.59 Å². The maximum Gasteiger partial charge on any atom is 0.307 e. The zero-order valence-electron chi connectivity index (χ0n) is 14.0. The molecule has 1 unspecified atom stereocenters. The summed E-state index contributed by atoms with van der Waals surface area (Å²) >= 11 is 0. The van der Waals surface area contributed by atoms with E-state index in [0.29, 0.717) is 19.7 Å². The van der Waals surface area contributed by atoms with Gasteiger partial charge in [0.25, 0.3) is 5.91 Å². The molecule has 2 fully saturated rings. The predicted molar refractivity (Wildman–Crippen MR) is 84.1 cm³/mol. The van der Waals surface area contributed by atoms with Crippen LogP contribution in [-0.2, 0) is 23.8 Å². The van der Waals surface area contributed by atoms with Gasteiger partial charge in [-0.3, -0.25) is 14.5 Å². The van der Waals surface area contributed by atoms with Gasteiger partial charge < -0.3 is 19.1 Å². The summed E-state index contributed by atoms with van der Waals surface area (Å²) in [5.74, 6) is -0.281. The van der Waals surface area contributed by atoms with E-state index in [2.05, 4.69) is 9.64 Å². The molecule has 0 N–H and O–H groups in total. The van der Waals surface area contributed by atoms with Crippen LogP contribution in [0.5, 0.6) is 0 Å². The molecule has 0 spiro atoms. The van der Waals surface area contributed by atoms with E-state index in [1.54, 1.807) is 4.90 Å². The van der Waals surface area contributed by atoms with Crippen molar-refractivity contribution in [2.75, 3.05) is 59.7 Å². The summed E-state index contributed by atoms with van der Waals surface area (Å²) in [4.78, 5) is 28.0. The molecule has 1 amide bonds. The van der Waals surface area contributed by atoms with Crippen LogP contribution in [-0.4, -0.2) is 87.4 Å². The highest BCUT2D eigenvalue weighted by Crippen LogP contribution is 2.15.